The Hall–Kier alpha value is -2.23. The highest BCUT2D eigenvalue weighted by atomic mass is 32.2. The molecule has 0 unspecified atom stereocenters. The quantitative estimate of drug-likeness (QED) is 0.496. The van der Waals surface area contributed by atoms with E-state index in [0.717, 1.165) is 41.7 Å². The summed E-state index contributed by atoms with van der Waals surface area (Å²) >= 11 is 1.46. The van der Waals surface area contributed by atoms with Gasteiger partial charge in [-0.25, -0.2) is 17.5 Å². The third kappa shape index (κ3) is 6.32. The van der Waals surface area contributed by atoms with E-state index in [-0.39, 0.29) is 24.8 Å². The maximum absolute atomic E-state index is 13.2. The normalized spacial score (nSPS) is 18.6. The molecular weight excluding hydrogens is 484 g/mol. The summed E-state index contributed by atoms with van der Waals surface area (Å²) in [5, 5.41) is 3.52. The van der Waals surface area contributed by atoms with Crippen LogP contribution in [0.5, 0.6) is 0 Å². The van der Waals surface area contributed by atoms with Gasteiger partial charge in [-0.1, -0.05) is 30.3 Å². The topological polar surface area (TPSA) is 92.8 Å². The van der Waals surface area contributed by atoms with Gasteiger partial charge in [0.2, 0.25) is 15.9 Å². The summed E-state index contributed by atoms with van der Waals surface area (Å²) < 4.78 is 32.7. The number of rotatable bonds is 9. The molecule has 1 N–H and O–H groups in total. The van der Waals surface area contributed by atoms with Crippen molar-refractivity contribution in [3.63, 3.8) is 0 Å². The Morgan fingerprint density at radius 2 is 1.91 bits per heavy atom. The van der Waals surface area contributed by atoms with Gasteiger partial charge in [-0.15, -0.1) is 11.3 Å². The number of thiophene rings is 1. The van der Waals surface area contributed by atoms with Crippen LogP contribution in [-0.2, 0) is 38.8 Å². The molecule has 9 heteroatoms. The van der Waals surface area contributed by atoms with Crippen molar-refractivity contribution in [1.82, 2.24) is 4.31 Å². The third-order valence-electron chi connectivity index (χ3n) is 6.75. The number of benzene rings is 1. The van der Waals surface area contributed by atoms with Gasteiger partial charge in [-0.2, -0.15) is 0 Å². The molecule has 2 heterocycles. The van der Waals surface area contributed by atoms with Gasteiger partial charge in [-0.3, -0.25) is 4.79 Å². The lowest BCUT2D eigenvalue weighted by molar-refractivity contribution is -0.120. The number of nitrogens with zero attached hydrogens (tertiary/aromatic N) is 1. The first-order valence-electron chi connectivity index (χ1n) is 12.5. The lowest BCUT2D eigenvalue weighted by atomic mass is 9.95. The molecule has 1 aromatic carbocycles. The fourth-order valence-corrected chi connectivity index (χ4v) is 7.79. The van der Waals surface area contributed by atoms with E-state index in [4.69, 9.17) is 4.74 Å². The van der Waals surface area contributed by atoms with E-state index in [1.54, 1.807) is 6.92 Å². The molecule has 1 aromatic heterocycles. The van der Waals surface area contributed by atoms with Crippen molar-refractivity contribution in [3.05, 3.63) is 51.9 Å². The van der Waals surface area contributed by atoms with Gasteiger partial charge < -0.3 is 10.1 Å². The standard InChI is InChI=1S/C26H34N2O5S2/c1-2-33-26(30)23-21-14-6-7-15-22(21)34-25(23)27-24(29)20-13-8-16-28(18-20)35(31,32)17-9-12-19-10-4-3-5-11-19/h3-5,10-11,20H,2,6-9,12-18H2,1H3,(H,27,29)/t20-/m1/s1. The predicted octanol–water partition coefficient (Wildman–Crippen LogP) is 4.42. The number of fused-ring (bicyclic) bond motifs is 1. The molecule has 1 fully saturated rings. The van der Waals surface area contributed by atoms with Gasteiger partial charge in [0.25, 0.3) is 0 Å². The average Bonchev–Trinajstić information content (AvgIpc) is 3.22. The highest BCUT2D eigenvalue weighted by Crippen LogP contribution is 2.39. The number of piperidine rings is 1. The van der Waals surface area contributed by atoms with Gasteiger partial charge in [0.05, 0.1) is 23.8 Å². The Morgan fingerprint density at radius 1 is 1.14 bits per heavy atom. The van der Waals surface area contributed by atoms with Crippen molar-refractivity contribution in [1.29, 1.82) is 0 Å². The molecule has 0 spiro atoms. The monoisotopic (exact) mass is 518 g/mol. The molecular formula is C26H34N2O5S2. The molecule has 0 radical (unpaired) electrons. The number of anilines is 1. The lowest BCUT2D eigenvalue weighted by Crippen LogP contribution is -2.44. The molecule has 2 aromatic rings. The van der Waals surface area contributed by atoms with E-state index in [9.17, 15) is 18.0 Å². The molecule has 1 amide bonds. The van der Waals surface area contributed by atoms with E-state index in [2.05, 4.69) is 5.32 Å². The molecule has 1 aliphatic heterocycles. The molecule has 35 heavy (non-hydrogen) atoms. The fraction of sp³-hybridized carbons (Fsp3) is 0.538. The summed E-state index contributed by atoms with van der Waals surface area (Å²) in [4.78, 5) is 27.0. The number of sulfonamides is 1. The largest absolute Gasteiger partial charge is 0.462 e. The smallest absolute Gasteiger partial charge is 0.341 e. The SMILES string of the molecule is CCOC(=O)c1c(NC(=O)[C@@H]2CCCN(S(=O)(=O)CCCc3ccccc3)C2)sc2c1CCCC2. The Balaban J connectivity index is 1.40. The van der Waals surface area contributed by atoms with E-state index >= 15 is 0 Å². The molecule has 0 bridgehead atoms. The number of ether oxygens (including phenoxy) is 1. The predicted molar refractivity (Wildman–Crippen MR) is 138 cm³/mol. The maximum Gasteiger partial charge on any atom is 0.341 e. The zero-order valence-electron chi connectivity index (χ0n) is 20.3. The minimum absolute atomic E-state index is 0.0703. The van der Waals surface area contributed by atoms with Gasteiger partial charge in [0, 0.05) is 18.0 Å². The summed E-state index contributed by atoms with van der Waals surface area (Å²) in [6, 6.07) is 9.85. The van der Waals surface area contributed by atoms with Crippen LogP contribution in [0.3, 0.4) is 0 Å². The van der Waals surface area contributed by atoms with Crippen molar-refractivity contribution in [2.45, 2.75) is 58.3 Å². The lowest BCUT2D eigenvalue weighted by Gasteiger charge is -2.31. The van der Waals surface area contributed by atoms with E-state index < -0.39 is 21.9 Å². The van der Waals surface area contributed by atoms with Crippen LogP contribution in [0.4, 0.5) is 5.00 Å². The molecule has 4 rings (SSSR count). The average molecular weight is 519 g/mol. The van der Waals surface area contributed by atoms with Crippen molar-refractivity contribution in [2.24, 2.45) is 5.92 Å². The minimum atomic E-state index is -3.44. The molecule has 190 valence electrons. The summed E-state index contributed by atoms with van der Waals surface area (Å²) in [5.74, 6) is -0.991. The molecule has 1 aliphatic carbocycles. The summed E-state index contributed by atoms with van der Waals surface area (Å²) in [7, 11) is -3.44. The van der Waals surface area contributed by atoms with Crippen LogP contribution < -0.4 is 5.32 Å². The first-order chi connectivity index (χ1) is 16.9. The molecule has 2 aliphatic rings. The number of hydrogen-bond acceptors (Lipinski definition) is 6. The summed E-state index contributed by atoms with van der Waals surface area (Å²) in [6.07, 6.45) is 6.32. The summed E-state index contributed by atoms with van der Waals surface area (Å²) in [6.45, 7) is 2.67. The van der Waals surface area contributed by atoms with Crippen LogP contribution in [0.15, 0.2) is 30.3 Å². The zero-order valence-corrected chi connectivity index (χ0v) is 21.9. The van der Waals surface area contributed by atoms with Crippen LogP contribution in [0.1, 0.15) is 65.4 Å². The Bertz CT molecular complexity index is 1140. The highest BCUT2D eigenvalue weighted by molar-refractivity contribution is 7.89. The molecule has 1 saturated heterocycles. The molecule has 1 atom stereocenters. The Labute approximate surface area is 211 Å². The van der Waals surface area contributed by atoms with Crippen LogP contribution in [-0.4, -0.2) is 50.0 Å². The van der Waals surface area contributed by atoms with Crippen molar-refractivity contribution in [2.75, 3.05) is 30.8 Å². The molecule has 7 nitrogen and oxygen atoms in total. The van der Waals surface area contributed by atoms with Crippen molar-refractivity contribution in [3.8, 4) is 0 Å². The maximum atomic E-state index is 13.2. The third-order valence-corrected chi connectivity index (χ3v) is 9.88. The minimum Gasteiger partial charge on any atom is -0.462 e. The van der Waals surface area contributed by atoms with Crippen LogP contribution in [0.25, 0.3) is 0 Å². The van der Waals surface area contributed by atoms with Crippen molar-refractivity contribution < 1.29 is 22.7 Å². The number of aryl methyl sites for hydroxylation is 2. The Kier molecular flexibility index (Phi) is 8.62. The van der Waals surface area contributed by atoms with E-state index in [1.807, 2.05) is 30.3 Å². The van der Waals surface area contributed by atoms with E-state index in [1.165, 1.54) is 15.6 Å². The second-order valence-corrected chi connectivity index (χ2v) is 12.4. The Morgan fingerprint density at radius 3 is 2.69 bits per heavy atom. The number of carbonyl (C=O) groups is 2. The van der Waals surface area contributed by atoms with Crippen LogP contribution in [0, 0.1) is 5.92 Å². The van der Waals surface area contributed by atoms with Gasteiger partial charge in [0.15, 0.2) is 0 Å². The number of nitrogens with one attached hydrogen (secondary N) is 1. The zero-order chi connectivity index (χ0) is 24.8. The van der Waals surface area contributed by atoms with Gasteiger partial charge in [0.1, 0.15) is 5.00 Å². The number of amides is 1. The second kappa shape index (κ2) is 11.7. The molecule has 0 saturated carbocycles. The van der Waals surface area contributed by atoms with Crippen LogP contribution >= 0.6 is 11.3 Å². The first kappa shape index (κ1) is 25.9. The number of esters is 1. The fourth-order valence-electron chi connectivity index (χ4n) is 4.93. The highest BCUT2D eigenvalue weighted by Gasteiger charge is 2.34. The van der Waals surface area contributed by atoms with Gasteiger partial charge in [-0.05, 0) is 69.4 Å². The number of carbonyl (C=O) groups excluding carboxylic acids is 2. The van der Waals surface area contributed by atoms with E-state index in [0.29, 0.717) is 42.8 Å². The van der Waals surface area contributed by atoms with Crippen molar-refractivity contribution >= 4 is 38.2 Å². The van der Waals surface area contributed by atoms with Gasteiger partial charge >= 0.3 is 5.97 Å². The second-order valence-electron chi connectivity index (χ2n) is 9.23. The van der Waals surface area contributed by atoms with Crippen LogP contribution in [0.2, 0.25) is 0 Å². The summed E-state index contributed by atoms with van der Waals surface area (Å²) in [5.41, 5.74) is 2.61. The first-order valence-corrected chi connectivity index (χ1v) is 15.0. The number of hydrogen-bond donors (Lipinski definition) is 1.